The summed E-state index contributed by atoms with van der Waals surface area (Å²) >= 11 is 0. The number of rotatable bonds is 6. The molecule has 5 aromatic carbocycles. The van der Waals surface area contributed by atoms with Gasteiger partial charge in [0.1, 0.15) is 0 Å². The van der Waals surface area contributed by atoms with Crippen LogP contribution in [0.3, 0.4) is 0 Å². The number of anilines is 3. The Morgan fingerprint density at radius 2 is 1.00 bits per heavy atom. The maximum Gasteiger partial charge on any atom is 0.0533 e. The second-order valence-corrected chi connectivity index (χ2v) is 7.89. The van der Waals surface area contributed by atoms with Gasteiger partial charge in [0, 0.05) is 11.4 Å². The minimum Gasteiger partial charge on any atom is -0.310 e. The number of benzene rings is 5. The van der Waals surface area contributed by atoms with E-state index in [0.29, 0.717) is 0 Å². The summed E-state index contributed by atoms with van der Waals surface area (Å²) in [6, 6.07) is 48.8. The molecule has 0 saturated carbocycles. The van der Waals surface area contributed by atoms with E-state index in [0.717, 1.165) is 22.6 Å². The Bertz CT molecular complexity index is 1340. The van der Waals surface area contributed by atoms with E-state index in [1.807, 2.05) is 6.07 Å². The van der Waals surface area contributed by atoms with E-state index in [2.05, 4.69) is 151 Å². The molecule has 0 atom stereocenters. The highest BCUT2D eigenvalue weighted by Gasteiger charge is 2.15. The highest BCUT2D eigenvalue weighted by Crippen LogP contribution is 2.38. The van der Waals surface area contributed by atoms with Crippen LogP contribution in [0.4, 0.5) is 17.1 Å². The lowest BCUT2D eigenvalue weighted by atomic mass is 10.0. The summed E-state index contributed by atoms with van der Waals surface area (Å²) in [6.45, 7) is 0. The molecule has 0 aliphatic carbocycles. The first-order valence-corrected chi connectivity index (χ1v) is 11.2. The van der Waals surface area contributed by atoms with Crippen LogP contribution in [0.5, 0.6) is 0 Å². The quantitative estimate of drug-likeness (QED) is 0.246. The molecule has 0 radical (unpaired) electrons. The Hall–Kier alpha value is -4.36. The Kier molecular flexibility index (Phi) is 6.13. The highest BCUT2D eigenvalue weighted by atomic mass is 15.1. The second kappa shape index (κ2) is 9.84. The molecule has 158 valence electrons. The molecule has 0 N–H and O–H groups in total. The normalized spacial score (nSPS) is 10.9. The smallest absolute Gasteiger partial charge is 0.0533 e. The molecular formula is C32H25N. The van der Waals surface area contributed by atoms with Gasteiger partial charge in [0.15, 0.2) is 0 Å². The van der Waals surface area contributed by atoms with Gasteiger partial charge in [-0.25, -0.2) is 0 Å². The minimum absolute atomic E-state index is 1.13. The molecule has 0 amide bonds. The molecule has 0 spiro atoms. The zero-order valence-corrected chi connectivity index (χ0v) is 18.4. The van der Waals surface area contributed by atoms with E-state index >= 15 is 0 Å². The Morgan fingerprint density at radius 3 is 1.76 bits per heavy atom. The van der Waals surface area contributed by atoms with E-state index in [-0.39, 0.29) is 0 Å². The number of hydrogen-bond acceptors (Lipinski definition) is 1. The van der Waals surface area contributed by atoms with Crippen LogP contribution in [-0.2, 0) is 0 Å². The van der Waals surface area contributed by atoms with Gasteiger partial charge in [-0.3, -0.25) is 0 Å². The van der Waals surface area contributed by atoms with Crippen molar-refractivity contribution >= 4 is 29.2 Å². The van der Waals surface area contributed by atoms with Crippen molar-refractivity contribution in [2.24, 2.45) is 0 Å². The molecule has 5 rings (SSSR count). The van der Waals surface area contributed by atoms with Crippen LogP contribution in [0.2, 0.25) is 0 Å². The third-order valence-corrected chi connectivity index (χ3v) is 5.66. The second-order valence-electron chi connectivity index (χ2n) is 7.89. The van der Waals surface area contributed by atoms with E-state index in [1.54, 1.807) is 0 Å². The molecule has 0 aromatic heterocycles. The maximum atomic E-state index is 2.33. The summed E-state index contributed by atoms with van der Waals surface area (Å²) in [5.41, 5.74) is 8.16. The largest absolute Gasteiger partial charge is 0.310 e. The van der Waals surface area contributed by atoms with Crippen molar-refractivity contribution in [2.45, 2.75) is 0 Å². The zero-order chi connectivity index (χ0) is 22.3. The average molecular weight is 424 g/mol. The van der Waals surface area contributed by atoms with Gasteiger partial charge in [-0.05, 0) is 52.6 Å². The molecule has 0 heterocycles. The summed E-state index contributed by atoms with van der Waals surface area (Å²) in [6.07, 6.45) is 4.37. The molecule has 1 nitrogen and oxygen atoms in total. The SMILES string of the molecule is C(=C\c1ccccc1N(c1ccccc1)c1cccc(-c2ccccc2)c1)/c1ccccc1. The topological polar surface area (TPSA) is 3.24 Å². The number of nitrogens with zero attached hydrogens (tertiary/aromatic N) is 1. The standard InChI is InChI=1S/C32H25N/c1-4-13-26(14-5-1)23-24-28-17-10-11-22-32(28)33(30-19-8-3-9-20-30)31-21-12-18-29(25-31)27-15-6-2-7-16-27/h1-25H/b24-23+. The minimum atomic E-state index is 1.13. The van der Waals surface area contributed by atoms with Crippen LogP contribution in [0, 0.1) is 0 Å². The molecule has 33 heavy (non-hydrogen) atoms. The molecule has 5 aromatic rings. The van der Waals surface area contributed by atoms with Crippen molar-refractivity contribution in [3.8, 4) is 11.1 Å². The van der Waals surface area contributed by atoms with Crippen LogP contribution < -0.4 is 4.90 Å². The predicted molar refractivity (Wildman–Crippen MR) is 142 cm³/mol. The van der Waals surface area contributed by atoms with Crippen molar-refractivity contribution in [1.82, 2.24) is 0 Å². The van der Waals surface area contributed by atoms with Gasteiger partial charge < -0.3 is 4.90 Å². The van der Waals surface area contributed by atoms with Crippen molar-refractivity contribution in [1.29, 1.82) is 0 Å². The molecule has 1 heteroatoms. The van der Waals surface area contributed by atoms with Crippen LogP contribution in [0.15, 0.2) is 140 Å². The molecule has 0 saturated heterocycles. The Labute approximate surface area is 195 Å². The molecular weight excluding hydrogens is 398 g/mol. The van der Waals surface area contributed by atoms with Gasteiger partial charge in [-0.15, -0.1) is 0 Å². The van der Waals surface area contributed by atoms with Crippen molar-refractivity contribution in [3.05, 3.63) is 151 Å². The van der Waals surface area contributed by atoms with Gasteiger partial charge in [0.25, 0.3) is 0 Å². The van der Waals surface area contributed by atoms with Crippen LogP contribution in [0.25, 0.3) is 23.3 Å². The van der Waals surface area contributed by atoms with Crippen LogP contribution in [0.1, 0.15) is 11.1 Å². The first kappa shape index (κ1) is 20.5. The first-order chi connectivity index (χ1) is 16.4. The van der Waals surface area contributed by atoms with E-state index < -0.39 is 0 Å². The summed E-state index contributed by atoms with van der Waals surface area (Å²) in [4.78, 5) is 2.33. The van der Waals surface area contributed by atoms with Crippen molar-refractivity contribution in [3.63, 3.8) is 0 Å². The number of hydrogen-bond donors (Lipinski definition) is 0. The van der Waals surface area contributed by atoms with Crippen molar-refractivity contribution < 1.29 is 0 Å². The molecule has 0 aliphatic rings. The Balaban J connectivity index is 1.62. The molecule has 0 fully saturated rings. The predicted octanol–water partition coefficient (Wildman–Crippen LogP) is 8.99. The molecule has 0 unspecified atom stereocenters. The fraction of sp³-hybridized carbons (Fsp3) is 0. The fourth-order valence-corrected chi connectivity index (χ4v) is 4.04. The van der Waals surface area contributed by atoms with Gasteiger partial charge >= 0.3 is 0 Å². The van der Waals surface area contributed by atoms with E-state index in [1.165, 1.54) is 16.7 Å². The summed E-state index contributed by atoms with van der Waals surface area (Å²) < 4.78 is 0. The van der Waals surface area contributed by atoms with Gasteiger partial charge in [0.2, 0.25) is 0 Å². The van der Waals surface area contributed by atoms with Crippen molar-refractivity contribution in [2.75, 3.05) is 4.90 Å². The highest BCUT2D eigenvalue weighted by molar-refractivity contribution is 5.86. The lowest BCUT2D eigenvalue weighted by Gasteiger charge is -2.27. The van der Waals surface area contributed by atoms with Crippen LogP contribution in [-0.4, -0.2) is 0 Å². The van der Waals surface area contributed by atoms with Gasteiger partial charge in [0.05, 0.1) is 5.69 Å². The summed E-state index contributed by atoms with van der Waals surface area (Å²) in [5.74, 6) is 0. The zero-order valence-electron chi connectivity index (χ0n) is 18.4. The van der Waals surface area contributed by atoms with Gasteiger partial charge in [-0.2, -0.15) is 0 Å². The van der Waals surface area contributed by atoms with E-state index in [4.69, 9.17) is 0 Å². The monoisotopic (exact) mass is 423 g/mol. The molecule has 0 bridgehead atoms. The number of para-hydroxylation sites is 2. The molecule has 0 aliphatic heterocycles. The first-order valence-electron chi connectivity index (χ1n) is 11.2. The maximum absolute atomic E-state index is 2.33. The lowest BCUT2D eigenvalue weighted by molar-refractivity contribution is 1.28. The van der Waals surface area contributed by atoms with Crippen LogP contribution >= 0.6 is 0 Å². The average Bonchev–Trinajstić information content (AvgIpc) is 2.90. The van der Waals surface area contributed by atoms with E-state index in [9.17, 15) is 0 Å². The third-order valence-electron chi connectivity index (χ3n) is 5.66. The van der Waals surface area contributed by atoms with Gasteiger partial charge in [-0.1, -0.05) is 121 Å². The summed E-state index contributed by atoms with van der Waals surface area (Å²) in [5, 5.41) is 0. The Morgan fingerprint density at radius 1 is 0.424 bits per heavy atom. The fourth-order valence-electron chi connectivity index (χ4n) is 4.04. The lowest BCUT2D eigenvalue weighted by Crippen LogP contribution is -2.11. The summed E-state index contributed by atoms with van der Waals surface area (Å²) in [7, 11) is 0. The third kappa shape index (κ3) is 4.78.